The van der Waals surface area contributed by atoms with Crippen molar-refractivity contribution >= 4 is 5.69 Å². The standard InChI is InChI=1S/C10H7N3O3/c14-13(15)8-1-3-9(4-2-8)16-10-5-11-7-12-6-10/h1-7H. The lowest BCUT2D eigenvalue weighted by atomic mass is 10.3. The van der Waals surface area contributed by atoms with Gasteiger partial charge < -0.3 is 4.74 Å². The molecule has 0 aliphatic carbocycles. The van der Waals surface area contributed by atoms with Crippen LogP contribution in [0.5, 0.6) is 11.5 Å². The number of benzene rings is 1. The van der Waals surface area contributed by atoms with E-state index in [0.29, 0.717) is 11.5 Å². The molecule has 0 spiro atoms. The largest absolute Gasteiger partial charge is 0.454 e. The third kappa shape index (κ3) is 2.30. The van der Waals surface area contributed by atoms with Crippen LogP contribution >= 0.6 is 0 Å². The minimum absolute atomic E-state index is 0.0247. The smallest absolute Gasteiger partial charge is 0.269 e. The van der Waals surface area contributed by atoms with Gasteiger partial charge in [0.25, 0.3) is 5.69 Å². The fourth-order valence-corrected chi connectivity index (χ4v) is 1.11. The SMILES string of the molecule is O=[N+]([O-])c1ccc(Oc2cncnc2)cc1. The topological polar surface area (TPSA) is 78.2 Å². The second-order valence-electron chi connectivity index (χ2n) is 2.93. The Bertz CT molecular complexity index is 484. The van der Waals surface area contributed by atoms with Crippen LogP contribution in [0.25, 0.3) is 0 Å². The molecule has 6 heteroatoms. The Kier molecular flexibility index (Phi) is 2.73. The lowest BCUT2D eigenvalue weighted by Crippen LogP contribution is -1.89. The number of non-ortho nitro benzene ring substituents is 1. The molecule has 2 aromatic rings. The number of aromatic nitrogens is 2. The first-order valence-corrected chi connectivity index (χ1v) is 4.43. The number of nitro benzene ring substituents is 1. The number of hydrogen-bond donors (Lipinski definition) is 0. The van der Waals surface area contributed by atoms with Crippen LogP contribution in [0.15, 0.2) is 43.0 Å². The maximum atomic E-state index is 10.4. The summed E-state index contributed by atoms with van der Waals surface area (Å²) in [6.07, 6.45) is 4.41. The molecule has 0 atom stereocenters. The van der Waals surface area contributed by atoms with Gasteiger partial charge in [-0.05, 0) is 12.1 Å². The first kappa shape index (κ1) is 10.0. The molecule has 0 saturated heterocycles. The van der Waals surface area contributed by atoms with E-state index in [-0.39, 0.29) is 5.69 Å². The average molecular weight is 217 g/mol. The van der Waals surface area contributed by atoms with Crippen molar-refractivity contribution in [3.8, 4) is 11.5 Å². The molecule has 1 aromatic heterocycles. The Labute approximate surface area is 90.7 Å². The van der Waals surface area contributed by atoms with Crippen LogP contribution in [0, 0.1) is 10.1 Å². The summed E-state index contributed by atoms with van der Waals surface area (Å²) in [7, 11) is 0. The van der Waals surface area contributed by atoms with E-state index in [1.807, 2.05) is 0 Å². The van der Waals surface area contributed by atoms with E-state index < -0.39 is 4.92 Å². The maximum Gasteiger partial charge on any atom is 0.269 e. The predicted octanol–water partition coefficient (Wildman–Crippen LogP) is 2.18. The van der Waals surface area contributed by atoms with Gasteiger partial charge in [-0.2, -0.15) is 0 Å². The summed E-state index contributed by atoms with van der Waals surface area (Å²) >= 11 is 0. The van der Waals surface area contributed by atoms with Crippen LogP contribution in [0.1, 0.15) is 0 Å². The van der Waals surface area contributed by atoms with Crippen LogP contribution in [0.4, 0.5) is 5.69 Å². The summed E-state index contributed by atoms with van der Waals surface area (Å²) in [4.78, 5) is 17.5. The Morgan fingerprint density at radius 1 is 1.06 bits per heavy atom. The fourth-order valence-electron chi connectivity index (χ4n) is 1.11. The van der Waals surface area contributed by atoms with Gasteiger partial charge in [0, 0.05) is 12.1 Å². The number of nitro groups is 1. The second-order valence-corrected chi connectivity index (χ2v) is 2.93. The summed E-state index contributed by atoms with van der Waals surface area (Å²) in [5.41, 5.74) is 0.0247. The zero-order chi connectivity index (χ0) is 11.4. The third-order valence-electron chi connectivity index (χ3n) is 1.82. The number of rotatable bonds is 3. The first-order chi connectivity index (χ1) is 7.75. The van der Waals surface area contributed by atoms with Crippen LogP contribution in [-0.4, -0.2) is 14.9 Å². The summed E-state index contributed by atoms with van der Waals surface area (Å²) in [5, 5.41) is 10.4. The Balaban J connectivity index is 2.14. The van der Waals surface area contributed by atoms with E-state index in [2.05, 4.69) is 9.97 Å². The van der Waals surface area contributed by atoms with Crippen molar-refractivity contribution < 1.29 is 9.66 Å². The molecule has 0 aliphatic heterocycles. The maximum absolute atomic E-state index is 10.4. The van der Waals surface area contributed by atoms with Gasteiger partial charge in [-0.1, -0.05) is 0 Å². The highest BCUT2D eigenvalue weighted by Crippen LogP contribution is 2.22. The van der Waals surface area contributed by atoms with Crippen molar-refractivity contribution in [1.82, 2.24) is 9.97 Å². The van der Waals surface area contributed by atoms with Gasteiger partial charge >= 0.3 is 0 Å². The van der Waals surface area contributed by atoms with Crippen molar-refractivity contribution in [3.05, 3.63) is 53.1 Å². The molecule has 0 radical (unpaired) electrons. The van der Waals surface area contributed by atoms with E-state index in [0.717, 1.165) is 0 Å². The molecule has 0 N–H and O–H groups in total. The van der Waals surface area contributed by atoms with Gasteiger partial charge in [0.2, 0.25) is 0 Å². The Morgan fingerprint density at radius 2 is 1.69 bits per heavy atom. The van der Waals surface area contributed by atoms with Crippen LogP contribution in [0.3, 0.4) is 0 Å². The summed E-state index contributed by atoms with van der Waals surface area (Å²) < 4.78 is 5.37. The van der Waals surface area contributed by atoms with Gasteiger partial charge in [0.15, 0.2) is 5.75 Å². The Morgan fingerprint density at radius 3 is 2.25 bits per heavy atom. The molecule has 0 aliphatic rings. The number of hydrogen-bond acceptors (Lipinski definition) is 5. The minimum atomic E-state index is -0.463. The fraction of sp³-hybridized carbons (Fsp3) is 0. The molecular formula is C10H7N3O3. The molecular weight excluding hydrogens is 210 g/mol. The monoisotopic (exact) mass is 217 g/mol. The van der Waals surface area contributed by atoms with E-state index in [4.69, 9.17) is 4.74 Å². The van der Waals surface area contributed by atoms with Crippen LogP contribution in [-0.2, 0) is 0 Å². The molecule has 0 fully saturated rings. The van der Waals surface area contributed by atoms with Crippen molar-refractivity contribution in [2.45, 2.75) is 0 Å². The number of nitrogens with zero attached hydrogens (tertiary/aromatic N) is 3. The molecule has 2 rings (SSSR count). The van der Waals surface area contributed by atoms with E-state index in [9.17, 15) is 10.1 Å². The van der Waals surface area contributed by atoms with Gasteiger partial charge in [0.05, 0.1) is 17.3 Å². The lowest BCUT2D eigenvalue weighted by molar-refractivity contribution is -0.384. The Hall–Kier alpha value is -2.50. The summed E-state index contributed by atoms with van der Waals surface area (Å²) in [5.74, 6) is 0.983. The van der Waals surface area contributed by atoms with Crippen molar-refractivity contribution in [3.63, 3.8) is 0 Å². The van der Waals surface area contributed by atoms with E-state index in [1.165, 1.54) is 43.0 Å². The first-order valence-electron chi connectivity index (χ1n) is 4.43. The molecule has 1 aromatic carbocycles. The van der Waals surface area contributed by atoms with Gasteiger partial charge in [-0.3, -0.25) is 10.1 Å². The number of ether oxygens (including phenoxy) is 1. The summed E-state index contributed by atoms with van der Waals surface area (Å²) in [6, 6.07) is 5.79. The second kappa shape index (κ2) is 4.35. The molecule has 0 unspecified atom stereocenters. The normalized spacial score (nSPS) is 9.75. The molecule has 16 heavy (non-hydrogen) atoms. The van der Waals surface area contributed by atoms with Crippen LogP contribution in [0.2, 0.25) is 0 Å². The van der Waals surface area contributed by atoms with E-state index in [1.54, 1.807) is 0 Å². The molecule has 1 heterocycles. The van der Waals surface area contributed by atoms with Crippen LogP contribution < -0.4 is 4.74 Å². The molecule has 80 valence electrons. The van der Waals surface area contributed by atoms with Crippen molar-refractivity contribution in [2.24, 2.45) is 0 Å². The zero-order valence-corrected chi connectivity index (χ0v) is 8.11. The van der Waals surface area contributed by atoms with Gasteiger partial charge in [-0.15, -0.1) is 0 Å². The molecule has 6 nitrogen and oxygen atoms in total. The van der Waals surface area contributed by atoms with Crippen molar-refractivity contribution in [1.29, 1.82) is 0 Å². The third-order valence-corrected chi connectivity index (χ3v) is 1.82. The highest BCUT2D eigenvalue weighted by molar-refractivity contribution is 5.37. The molecule has 0 amide bonds. The van der Waals surface area contributed by atoms with Gasteiger partial charge in [0.1, 0.15) is 12.1 Å². The molecule has 0 bridgehead atoms. The van der Waals surface area contributed by atoms with Gasteiger partial charge in [-0.25, -0.2) is 9.97 Å². The highest BCUT2D eigenvalue weighted by Gasteiger charge is 2.04. The zero-order valence-electron chi connectivity index (χ0n) is 8.11. The minimum Gasteiger partial charge on any atom is -0.454 e. The van der Waals surface area contributed by atoms with E-state index >= 15 is 0 Å². The lowest BCUT2D eigenvalue weighted by Gasteiger charge is -2.03. The summed E-state index contributed by atoms with van der Waals surface area (Å²) in [6.45, 7) is 0. The van der Waals surface area contributed by atoms with Crippen molar-refractivity contribution in [2.75, 3.05) is 0 Å². The quantitative estimate of drug-likeness (QED) is 0.581. The highest BCUT2D eigenvalue weighted by atomic mass is 16.6. The average Bonchev–Trinajstić information content (AvgIpc) is 2.31. The predicted molar refractivity (Wildman–Crippen MR) is 55.2 cm³/mol. The molecule has 0 saturated carbocycles.